The first kappa shape index (κ1) is 19.1. The fraction of sp³-hybridized carbons (Fsp3) is 0.591. The largest absolute Gasteiger partial charge is 0.458 e. The van der Waals surface area contributed by atoms with E-state index >= 15 is 0 Å². The number of hydrogen-bond donors (Lipinski definition) is 2. The van der Waals surface area contributed by atoms with Gasteiger partial charge in [0.1, 0.15) is 6.10 Å². The monoisotopic (exact) mass is 358 g/mol. The lowest BCUT2D eigenvalue weighted by Gasteiger charge is -2.44. The topological polar surface area (TPSA) is 66.8 Å². The van der Waals surface area contributed by atoms with Gasteiger partial charge in [0.25, 0.3) is 0 Å². The molecule has 5 atom stereocenters. The molecule has 0 spiro atoms. The van der Waals surface area contributed by atoms with Crippen molar-refractivity contribution in [1.29, 1.82) is 0 Å². The van der Waals surface area contributed by atoms with Gasteiger partial charge >= 0.3 is 5.97 Å². The third kappa shape index (κ3) is 3.10. The van der Waals surface area contributed by atoms with E-state index in [1.54, 1.807) is 12.1 Å². The van der Waals surface area contributed by atoms with Gasteiger partial charge in [-0.1, -0.05) is 50.6 Å². The SMILES string of the molecule is CC1=C[C@@H](O)[C@@]2(C)CC[C@@](O)(C(C)C)[C@@H]2[C@@H](OC(=O)c2ccccc2)C1. The van der Waals surface area contributed by atoms with Crippen LogP contribution in [-0.4, -0.2) is 34.0 Å². The van der Waals surface area contributed by atoms with E-state index in [0.29, 0.717) is 24.8 Å². The molecule has 0 aromatic heterocycles. The Kier molecular flexibility index (Phi) is 5.02. The Morgan fingerprint density at radius 1 is 1.23 bits per heavy atom. The van der Waals surface area contributed by atoms with Crippen molar-refractivity contribution in [2.45, 2.75) is 64.8 Å². The van der Waals surface area contributed by atoms with Crippen molar-refractivity contribution in [2.24, 2.45) is 17.3 Å². The molecule has 4 heteroatoms. The molecule has 1 aromatic carbocycles. The highest BCUT2D eigenvalue weighted by molar-refractivity contribution is 5.89. The number of benzene rings is 1. The standard InChI is InChI=1S/C22H30O4/c1-14(2)22(25)11-10-21(4)18(23)13-15(3)12-17(19(21)22)26-20(24)16-8-6-5-7-9-16/h5-9,13-14,17-19,23,25H,10-12H2,1-4H3/t17-,18+,19+,21+,22+/m0/s1. The van der Waals surface area contributed by atoms with Crippen LogP contribution in [0.25, 0.3) is 0 Å². The Hall–Kier alpha value is -1.65. The predicted octanol–water partition coefficient (Wildman–Crippen LogP) is 3.73. The van der Waals surface area contributed by atoms with Crippen LogP contribution in [0, 0.1) is 17.3 Å². The van der Waals surface area contributed by atoms with E-state index in [0.717, 1.165) is 5.57 Å². The van der Waals surface area contributed by atoms with E-state index in [4.69, 9.17) is 4.74 Å². The molecule has 2 N–H and O–H groups in total. The van der Waals surface area contributed by atoms with Crippen LogP contribution >= 0.6 is 0 Å². The summed E-state index contributed by atoms with van der Waals surface area (Å²) in [6.07, 6.45) is 2.60. The third-order valence-electron chi connectivity index (χ3n) is 6.59. The Balaban J connectivity index is 1.98. The Morgan fingerprint density at radius 2 is 1.88 bits per heavy atom. The third-order valence-corrected chi connectivity index (χ3v) is 6.59. The maximum Gasteiger partial charge on any atom is 0.338 e. The smallest absolute Gasteiger partial charge is 0.338 e. The minimum absolute atomic E-state index is 0.0119. The van der Waals surface area contributed by atoms with Gasteiger partial charge in [-0.2, -0.15) is 0 Å². The van der Waals surface area contributed by atoms with E-state index in [1.807, 2.05) is 52.0 Å². The number of hydrogen-bond acceptors (Lipinski definition) is 4. The lowest BCUT2D eigenvalue weighted by molar-refractivity contribution is -0.127. The molecule has 0 aliphatic heterocycles. The van der Waals surface area contributed by atoms with Crippen molar-refractivity contribution < 1.29 is 19.7 Å². The number of carbonyl (C=O) groups is 1. The van der Waals surface area contributed by atoms with Crippen molar-refractivity contribution in [2.75, 3.05) is 0 Å². The molecule has 2 aliphatic carbocycles. The summed E-state index contributed by atoms with van der Waals surface area (Å²) in [5.41, 5.74) is 0.0191. The first-order valence-corrected chi connectivity index (χ1v) is 9.52. The molecular formula is C22H30O4. The second-order valence-electron chi connectivity index (χ2n) is 8.60. The fourth-order valence-corrected chi connectivity index (χ4v) is 4.93. The average molecular weight is 358 g/mol. The minimum atomic E-state index is -0.962. The molecule has 0 unspecified atom stereocenters. The number of aliphatic hydroxyl groups excluding tert-OH is 1. The van der Waals surface area contributed by atoms with Crippen molar-refractivity contribution >= 4 is 5.97 Å². The maximum absolute atomic E-state index is 12.7. The quantitative estimate of drug-likeness (QED) is 0.638. The number of rotatable bonds is 3. The van der Waals surface area contributed by atoms with Crippen LogP contribution in [0.2, 0.25) is 0 Å². The normalized spacial score (nSPS) is 37.0. The molecular weight excluding hydrogens is 328 g/mol. The van der Waals surface area contributed by atoms with Crippen LogP contribution in [0.4, 0.5) is 0 Å². The number of esters is 1. The first-order valence-electron chi connectivity index (χ1n) is 9.52. The van der Waals surface area contributed by atoms with E-state index in [2.05, 4.69) is 0 Å². The van der Waals surface area contributed by atoms with E-state index in [-0.39, 0.29) is 17.8 Å². The molecule has 0 heterocycles. The van der Waals surface area contributed by atoms with Gasteiger partial charge in [0, 0.05) is 17.8 Å². The number of aliphatic hydroxyl groups is 2. The van der Waals surface area contributed by atoms with Gasteiger partial charge in [0.2, 0.25) is 0 Å². The molecule has 142 valence electrons. The maximum atomic E-state index is 12.7. The fourth-order valence-electron chi connectivity index (χ4n) is 4.93. The zero-order valence-electron chi connectivity index (χ0n) is 16.1. The van der Waals surface area contributed by atoms with E-state index < -0.39 is 23.2 Å². The van der Waals surface area contributed by atoms with Crippen LogP contribution in [0.1, 0.15) is 57.3 Å². The molecule has 3 rings (SSSR count). The number of fused-ring (bicyclic) bond motifs is 1. The summed E-state index contributed by atoms with van der Waals surface area (Å²) >= 11 is 0. The Labute approximate surface area is 155 Å². The molecule has 26 heavy (non-hydrogen) atoms. The summed E-state index contributed by atoms with van der Waals surface area (Å²) in [6.45, 7) is 7.96. The minimum Gasteiger partial charge on any atom is -0.458 e. The van der Waals surface area contributed by atoms with Crippen molar-refractivity contribution in [3.63, 3.8) is 0 Å². The second kappa shape index (κ2) is 6.82. The van der Waals surface area contributed by atoms with Gasteiger partial charge in [-0.05, 0) is 37.8 Å². The van der Waals surface area contributed by atoms with E-state index in [1.165, 1.54) is 0 Å². The van der Waals surface area contributed by atoms with E-state index in [9.17, 15) is 15.0 Å². The van der Waals surface area contributed by atoms with Crippen molar-refractivity contribution in [1.82, 2.24) is 0 Å². The van der Waals surface area contributed by atoms with Gasteiger partial charge < -0.3 is 14.9 Å². The van der Waals surface area contributed by atoms with Crippen LogP contribution < -0.4 is 0 Å². The van der Waals surface area contributed by atoms with Gasteiger partial charge in [0.05, 0.1) is 17.3 Å². The zero-order valence-corrected chi connectivity index (χ0v) is 16.1. The Morgan fingerprint density at radius 3 is 2.50 bits per heavy atom. The summed E-state index contributed by atoms with van der Waals surface area (Å²) < 4.78 is 5.95. The van der Waals surface area contributed by atoms with Crippen LogP contribution in [-0.2, 0) is 4.74 Å². The molecule has 1 aromatic rings. The molecule has 1 fully saturated rings. The summed E-state index contributed by atoms with van der Waals surface area (Å²) in [5.74, 6) is -0.677. The second-order valence-corrected chi connectivity index (χ2v) is 8.60. The molecule has 2 aliphatic rings. The molecule has 0 radical (unpaired) electrons. The molecule has 0 saturated heterocycles. The molecule has 0 bridgehead atoms. The predicted molar refractivity (Wildman–Crippen MR) is 101 cm³/mol. The summed E-state index contributed by atoms with van der Waals surface area (Å²) in [6, 6.07) is 8.95. The summed E-state index contributed by atoms with van der Waals surface area (Å²) in [7, 11) is 0. The highest BCUT2D eigenvalue weighted by Gasteiger charge is 2.61. The summed E-state index contributed by atoms with van der Waals surface area (Å²) in [4.78, 5) is 12.7. The Bertz CT molecular complexity index is 695. The van der Waals surface area contributed by atoms with Crippen molar-refractivity contribution in [3.8, 4) is 0 Å². The lowest BCUT2D eigenvalue weighted by Crippen LogP contribution is -2.52. The van der Waals surface area contributed by atoms with Gasteiger partial charge in [0.15, 0.2) is 0 Å². The number of ether oxygens (including phenoxy) is 1. The van der Waals surface area contributed by atoms with Crippen molar-refractivity contribution in [3.05, 3.63) is 47.5 Å². The molecule has 0 amide bonds. The summed E-state index contributed by atoms with van der Waals surface area (Å²) in [5, 5.41) is 22.3. The highest BCUT2D eigenvalue weighted by Crippen LogP contribution is 2.58. The molecule has 1 saturated carbocycles. The van der Waals surface area contributed by atoms with Gasteiger partial charge in [-0.3, -0.25) is 0 Å². The number of carbonyl (C=O) groups excluding carboxylic acids is 1. The van der Waals surface area contributed by atoms with Crippen LogP contribution in [0.3, 0.4) is 0 Å². The van der Waals surface area contributed by atoms with Crippen LogP contribution in [0.15, 0.2) is 42.0 Å². The first-order chi connectivity index (χ1) is 12.2. The highest BCUT2D eigenvalue weighted by atomic mass is 16.5. The zero-order chi connectivity index (χ0) is 19.1. The van der Waals surface area contributed by atoms with Crippen LogP contribution in [0.5, 0.6) is 0 Å². The van der Waals surface area contributed by atoms with Gasteiger partial charge in [-0.15, -0.1) is 0 Å². The molecule has 4 nitrogen and oxygen atoms in total. The lowest BCUT2D eigenvalue weighted by atomic mass is 9.66. The average Bonchev–Trinajstić information content (AvgIpc) is 2.83. The van der Waals surface area contributed by atoms with Gasteiger partial charge in [-0.25, -0.2) is 4.79 Å².